The molecule has 28 heavy (non-hydrogen) atoms. The van der Waals surface area contributed by atoms with Gasteiger partial charge in [0, 0.05) is 6.42 Å². The van der Waals surface area contributed by atoms with Crippen LogP contribution in [0.5, 0.6) is 0 Å². The molecule has 1 atom stereocenters. The number of aliphatic hydroxyl groups excluding tert-OH is 1. The Morgan fingerprint density at radius 3 is 2.00 bits per heavy atom. The van der Waals surface area contributed by atoms with Crippen molar-refractivity contribution in [3.05, 3.63) is 12.2 Å². The highest BCUT2D eigenvalue weighted by Crippen LogP contribution is 2.35. The van der Waals surface area contributed by atoms with Crippen LogP contribution in [0.3, 0.4) is 0 Å². The van der Waals surface area contributed by atoms with Gasteiger partial charge in [0.15, 0.2) is 0 Å². The molecule has 0 amide bonds. The third-order valence-electron chi connectivity index (χ3n) is 4.26. The van der Waals surface area contributed by atoms with E-state index in [0.717, 1.165) is 32.1 Å². The Kier molecular flexibility index (Phi) is 17.8. The Hall–Kier alpha value is -0.720. The van der Waals surface area contributed by atoms with Crippen molar-refractivity contribution in [3.63, 3.8) is 0 Å². The van der Waals surface area contributed by atoms with E-state index in [0.29, 0.717) is 0 Å². The molecule has 0 fully saturated rings. The third-order valence-corrected chi connectivity index (χ3v) is 4.75. The summed E-state index contributed by atoms with van der Waals surface area (Å²) >= 11 is 0. The van der Waals surface area contributed by atoms with Gasteiger partial charge in [-0.1, -0.05) is 64.0 Å². The van der Waals surface area contributed by atoms with Crippen LogP contribution in [-0.2, 0) is 18.6 Å². The van der Waals surface area contributed by atoms with Crippen molar-refractivity contribution in [1.82, 2.24) is 0 Å². The minimum atomic E-state index is -4.62. The molecule has 0 aromatic heterocycles. The van der Waals surface area contributed by atoms with E-state index in [1.165, 1.54) is 44.9 Å². The first-order chi connectivity index (χ1) is 13.3. The van der Waals surface area contributed by atoms with Gasteiger partial charge in [-0.15, -0.1) is 0 Å². The zero-order valence-corrected chi connectivity index (χ0v) is 18.2. The van der Waals surface area contributed by atoms with Gasteiger partial charge >= 0.3 is 13.8 Å². The quantitative estimate of drug-likeness (QED) is 0.120. The second kappa shape index (κ2) is 18.3. The lowest BCUT2D eigenvalue weighted by Gasteiger charge is -2.12. The van der Waals surface area contributed by atoms with Crippen LogP contribution in [0.2, 0.25) is 0 Å². The zero-order chi connectivity index (χ0) is 21.1. The zero-order valence-electron chi connectivity index (χ0n) is 17.3. The molecule has 3 N–H and O–H groups in total. The van der Waals surface area contributed by atoms with Gasteiger partial charge < -0.3 is 19.6 Å². The van der Waals surface area contributed by atoms with Gasteiger partial charge in [0.1, 0.15) is 12.7 Å². The molecular formula is C20H39O7P. The lowest BCUT2D eigenvalue weighted by Crippen LogP contribution is -2.23. The topological polar surface area (TPSA) is 113 Å². The minimum absolute atomic E-state index is 0.282. The van der Waals surface area contributed by atoms with E-state index in [9.17, 15) is 14.5 Å². The largest absolute Gasteiger partial charge is 0.469 e. The van der Waals surface area contributed by atoms with Crippen LogP contribution in [0.15, 0.2) is 12.2 Å². The fourth-order valence-corrected chi connectivity index (χ4v) is 3.02. The van der Waals surface area contributed by atoms with E-state index in [1.54, 1.807) is 0 Å². The fraction of sp³-hybridized carbons (Fsp3) is 0.850. The first-order valence-electron chi connectivity index (χ1n) is 10.5. The Labute approximate surface area is 169 Å². The molecule has 7 nitrogen and oxygen atoms in total. The van der Waals surface area contributed by atoms with Crippen LogP contribution < -0.4 is 0 Å². The van der Waals surface area contributed by atoms with Crippen molar-refractivity contribution >= 4 is 13.8 Å². The number of hydrogen-bond acceptors (Lipinski definition) is 5. The van der Waals surface area contributed by atoms with E-state index in [-0.39, 0.29) is 13.0 Å². The van der Waals surface area contributed by atoms with Crippen molar-refractivity contribution in [1.29, 1.82) is 0 Å². The Morgan fingerprint density at radius 2 is 1.43 bits per heavy atom. The van der Waals surface area contributed by atoms with Crippen molar-refractivity contribution in [3.8, 4) is 0 Å². The lowest BCUT2D eigenvalue weighted by molar-refractivity contribution is -0.147. The maximum absolute atomic E-state index is 11.5. The summed E-state index contributed by atoms with van der Waals surface area (Å²) in [6.07, 6.45) is 17.6. The van der Waals surface area contributed by atoms with Gasteiger partial charge in [-0.25, -0.2) is 4.57 Å². The minimum Gasteiger partial charge on any atom is -0.463 e. The van der Waals surface area contributed by atoms with E-state index in [2.05, 4.69) is 23.6 Å². The number of ether oxygens (including phenoxy) is 1. The monoisotopic (exact) mass is 422 g/mol. The summed E-state index contributed by atoms with van der Waals surface area (Å²) in [5, 5.41) is 9.40. The fourth-order valence-electron chi connectivity index (χ4n) is 2.66. The summed E-state index contributed by atoms with van der Waals surface area (Å²) in [6, 6.07) is 0. The van der Waals surface area contributed by atoms with Gasteiger partial charge in [0.2, 0.25) is 0 Å². The molecule has 166 valence electrons. The van der Waals surface area contributed by atoms with Crippen molar-refractivity contribution in [2.75, 3.05) is 13.2 Å². The van der Waals surface area contributed by atoms with Crippen LogP contribution in [0, 0.1) is 0 Å². The Balaban J connectivity index is 3.39. The molecule has 0 aliphatic carbocycles. The molecule has 0 rings (SSSR count). The van der Waals surface area contributed by atoms with Crippen molar-refractivity contribution in [2.24, 2.45) is 0 Å². The molecule has 0 aromatic carbocycles. The molecule has 0 heterocycles. The third kappa shape index (κ3) is 21.6. The molecule has 0 aromatic rings. The van der Waals surface area contributed by atoms with Crippen LogP contribution in [0.25, 0.3) is 0 Å². The molecule has 0 aliphatic heterocycles. The number of phosphoric ester groups is 1. The highest BCUT2D eigenvalue weighted by Gasteiger charge is 2.17. The number of aliphatic hydroxyl groups is 1. The van der Waals surface area contributed by atoms with Crippen molar-refractivity contribution < 1.29 is 33.5 Å². The standard InChI is InChI=1S/C20H39O7P/c1-2-3-4-5-6-7-8-9-10-11-12-13-14-15-16-20(22)26-17-19(21)18-27-28(23,24)25/h8-9,19,21H,2-7,10-18H2,1H3,(H2,23,24,25)/t19-/m1/s1. The molecule has 8 heteroatoms. The molecule has 0 aliphatic rings. The number of carbonyl (C=O) groups is 1. The molecule has 0 saturated carbocycles. The van der Waals surface area contributed by atoms with Crippen LogP contribution in [0.1, 0.15) is 90.4 Å². The predicted molar refractivity (Wildman–Crippen MR) is 110 cm³/mol. The smallest absolute Gasteiger partial charge is 0.463 e. The molecule has 0 radical (unpaired) electrons. The van der Waals surface area contributed by atoms with Crippen molar-refractivity contribution in [2.45, 2.75) is 96.5 Å². The maximum Gasteiger partial charge on any atom is 0.469 e. The second-order valence-electron chi connectivity index (χ2n) is 7.10. The first-order valence-corrected chi connectivity index (χ1v) is 12.1. The highest BCUT2D eigenvalue weighted by molar-refractivity contribution is 7.46. The van der Waals surface area contributed by atoms with E-state index in [1.807, 2.05) is 0 Å². The summed E-state index contributed by atoms with van der Waals surface area (Å²) in [5.41, 5.74) is 0. The highest BCUT2D eigenvalue weighted by atomic mass is 31.2. The number of unbranched alkanes of at least 4 members (excludes halogenated alkanes) is 10. The van der Waals surface area contributed by atoms with E-state index >= 15 is 0 Å². The molecule has 0 unspecified atom stereocenters. The summed E-state index contributed by atoms with van der Waals surface area (Å²) in [7, 11) is -4.62. The Morgan fingerprint density at radius 1 is 0.893 bits per heavy atom. The number of rotatable bonds is 19. The van der Waals surface area contributed by atoms with Crippen LogP contribution in [-0.4, -0.2) is 40.2 Å². The number of carbonyl (C=O) groups excluding carboxylic acids is 1. The summed E-state index contributed by atoms with van der Waals surface area (Å²) < 4.78 is 19.5. The second-order valence-corrected chi connectivity index (χ2v) is 8.34. The average molecular weight is 422 g/mol. The molecule has 0 spiro atoms. The number of hydrogen-bond donors (Lipinski definition) is 3. The summed E-state index contributed by atoms with van der Waals surface area (Å²) in [5.74, 6) is -0.419. The number of allylic oxidation sites excluding steroid dienone is 2. The predicted octanol–water partition coefficient (Wildman–Crippen LogP) is 4.65. The van der Waals surface area contributed by atoms with Crippen LogP contribution in [0.4, 0.5) is 0 Å². The number of phosphoric acid groups is 1. The van der Waals surface area contributed by atoms with E-state index < -0.39 is 26.5 Å². The normalized spacial score (nSPS) is 13.1. The SMILES string of the molecule is CCCCCCCC=CCCCCCCCC(=O)OC[C@@H](O)COP(=O)(O)O. The van der Waals surface area contributed by atoms with Crippen LogP contribution >= 0.6 is 7.82 Å². The van der Waals surface area contributed by atoms with Gasteiger partial charge in [-0.3, -0.25) is 9.32 Å². The van der Waals surface area contributed by atoms with Gasteiger partial charge in [-0.05, 0) is 32.1 Å². The summed E-state index contributed by atoms with van der Waals surface area (Å²) in [6.45, 7) is 1.32. The van der Waals surface area contributed by atoms with Gasteiger partial charge in [0.05, 0.1) is 6.61 Å². The molecule has 0 bridgehead atoms. The lowest BCUT2D eigenvalue weighted by atomic mass is 10.1. The Bertz CT molecular complexity index is 448. The molecular weight excluding hydrogens is 383 g/mol. The van der Waals surface area contributed by atoms with E-state index in [4.69, 9.17) is 14.5 Å². The summed E-state index contributed by atoms with van der Waals surface area (Å²) in [4.78, 5) is 28.5. The first kappa shape index (κ1) is 27.3. The molecule has 0 saturated heterocycles. The number of esters is 1. The maximum atomic E-state index is 11.5. The average Bonchev–Trinajstić information content (AvgIpc) is 2.64. The van der Waals surface area contributed by atoms with Gasteiger partial charge in [-0.2, -0.15) is 0 Å². The van der Waals surface area contributed by atoms with Gasteiger partial charge in [0.25, 0.3) is 0 Å².